The van der Waals surface area contributed by atoms with Gasteiger partial charge in [0.05, 0.1) is 5.56 Å². The number of hydrogen-bond donors (Lipinski definition) is 2. The van der Waals surface area contributed by atoms with E-state index in [9.17, 15) is 9.59 Å². The maximum atomic E-state index is 11.7. The van der Waals surface area contributed by atoms with Crippen LogP contribution in [-0.2, 0) is 0 Å². The quantitative estimate of drug-likeness (QED) is 0.847. The van der Waals surface area contributed by atoms with Crippen molar-refractivity contribution >= 4 is 17.7 Å². The lowest BCUT2D eigenvalue weighted by molar-refractivity contribution is 0.0697. The molecule has 2 aromatic rings. The molecule has 0 aliphatic carbocycles. The third-order valence-corrected chi connectivity index (χ3v) is 2.45. The van der Waals surface area contributed by atoms with Crippen LogP contribution in [0.25, 0.3) is 0 Å². The molecule has 0 bridgehead atoms. The zero-order valence-electron chi connectivity index (χ0n) is 9.62. The number of benzene rings is 1. The lowest BCUT2D eigenvalue weighted by Gasteiger charge is -2.09. The predicted molar refractivity (Wildman–Crippen MR) is 64.8 cm³/mol. The summed E-state index contributed by atoms with van der Waals surface area (Å²) in [5.41, 5.74) is 1.44. The first-order valence-electron chi connectivity index (χ1n) is 5.21. The van der Waals surface area contributed by atoms with Gasteiger partial charge in [-0.05, 0) is 30.7 Å². The van der Waals surface area contributed by atoms with Crippen LogP contribution in [0.2, 0.25) is 0 Å². The highest BCUT2D eigenvalue weighted by atomic mass is 16.4. The number of amides is 1. The molecule has 0 saturated carbocycles. The molecule has 1 aromatic carbocycles. The second-order valence-corrected chi connectivity index (χ2v) is 3.73. The number of hydrogen-bond acceptors (Lipinski definition) is 3. The van der Waals surface area contributed by atoms with E-state index in [1.165, 1.54) is 35.4 Å². The molecule has 0 atom stereocenters. The van der Waals surface area contributed by atoms with Crippen molar-refractivity contribution in [3.05, 3.63) is 48.0 Å². The van der Waals surface area contributed by atoms with E-state index in [2.05, 4.69) is 10.3 Å². The molecule has 1 aromatic heterocycles. The van der Waals surface area contributed by atoms with Gasteiger partial charge in [-0.1, -0.05) is 0 Å². The van der Waals surface area contributed by atoms with Crippen molar-refractivity contribution in [1.29, 1.82) is 0 Å². The van der Waals surface area contributed by atoms with Gasteiger partial charge in [0.2, 0.25) is 0 Å². The number of imidazole rings is 1. The second-order valence-electron chi connectivity index (χ2n) is 3.73. The van der Waals surface area contributed by atoms with E-state index in [1.807, 2.05) is 0 Å². The number of aromatic nitrogens is 2. The average Bonchev–Trinajstić information content (AvgIpc) is 2.85. The summed E-state index contributed by atoms with van der Waals surface area (Å²) in [6.45, 7) is 1.73. The Kier molecular flexibility index (Phi) is 3.09. The summed E-state index contributed by atoms with van der Waals surface area (Å²) in [6, 6.07) is 4.16. The third-order valence-electron chi connectivity index (χ3n) is 2.45. The number of nitrogens with one attached hydrogen (secondary N) is 1. The fourth-order valence-electron chi connectivity index (χ4n) is 1.50. The van der Waals surface area contributed by atoms with Crippen LogP contribution in [0.3, 0.4) is 0 Å². The zero-order valence-corrected chi connectivity index (χ0v) is 9.62. The van der Waals surface area contributed by atoms with Gasteiger partial charge in [-0.15, -0.1) is 0 Å². The number of nitrogens with zero attached hydrogens (tertiary/aromatic N) is 2. The number of carbonyl (C=O) groups excluding carboxylic acids is 1. The van der Waals surface area contributed by atoms with Gasteiger partial charge in [-0.2, -0.15) is 0 Å². The molecule has 0 spiro atoms. The fraction of sp³-hybridized carbons (Fsp3) is 0.0833. The monoisotopic (exact) mass is 245 g/mol. The highest BCUT2D eigenvalue weighted by Gasteiger charge is 2.09. The summed E-state index contributed by atoms with van der Waals surface area (Å²) in [5, 5.41) is 11.5. The van der Waals surface area contributed by atoms with Gasteiger partial charge in [0, 0.05) is 18.1 Å². The Labute approximate surface area is 103 Å². The van der Waals surface area contributed by atoms with E-state index < -0.39 is 5.97 Å². The second kappa shape index (κ2) is 4.70. The minimum Gasteiger partial charge on any atom is -0.478 e. The number of anilines is 1. The number of aryl methyl sites for hydroxylation is 1. The number of carboxylic acids is 1. The standard InChI is InChI=1S/C12H11N3O3/c1-8-6-9(11(16)17)2-3-10(8)14-12(18)15-5-4-13-7-15/h2-7H,1H3,(H,14,18)(H,16,17). The van der Waals surface area contributed by atoms with Gasteiger partial charge in [0.25, 0.3) is 0 Å². The van der Waals surface area contributed by atoms with Crippen LogP contribution in [-0.4, -0.2) is 26.7 Å². The normalized spacial score (nSPS) is 10.1. The molecule has 6 heteroatoms. The van der Waals surface area contributed by atoms with Gasteiger partial charge in [0.1, 0.15) is 6.33 Å². The van der Waals surface area contributed by atoms with Crippen molar-refractivity contribution < 1.29 is 14.7 Å². The molecule has 0 radical (unpaired) electrons. The maximum absolute atomic E-state index is 11.7. The summed E-state index contributed by atoms with van der Waals surface area (Å²) < 4.78 is 1.30. The Bertz CT molecular complexity index is 591. The molecular weight excluding hydrogens is 234 g/mol. The summed E-state index contributed by atoms with van der Waals surface area (Å²) in [4.78, 5) is 26.3. The van der Waals surface area contributed by atoms with Crippen molar-refractivity contribution in [2.24, 2.45) is 0 Å². The van der Waals surface area contributed by atoms with Crippen LogP contribution in [0.4, 0.5) is 10.5 Å². The first-order chi connectivity index (χ1) is 8.58. The van der Waals surface area contributed by atoms with Crippen LogP contribution in [0.1, 0.15) is 15.9 Å². The largest absolute Gasteiger partial charge is 0.478 e. The number of carbonyl (C=O) groups is 2. The topological polar surface area (TPSA) is 84.2 Å². The molecule has 1 heterocycles. The number of aromatic carboxylic acids is 1. The molecule has 0 unspecified atom stereocenters. The van der Waals surface area contributed by atoms with E-state index in [0.29, 0.717) is 11.3 Å². The first-order valence-corrected chi connectivity index (χ1v) is 5.21. The summed E-state index contributed by atoms with van der Waals surface area (Å²) >= 11 is 0. The Balaban J connectivity index is 2.20. The molecular formula is C12H11N3O3. The van der Waals surface area contributed by atoms with E-state index in [-0.39, 0.29) is 11.6 Å². The highest BCUT2D eigenvalue weighted by Crippen LogP contribution is 2.16. The SMILES string of the molecule is Cc1cc(C(=O)O)ccc1NC(=O)n1ccnc1. The Morgan fingerprint density at radius 1 is 1.39 bits per heavy atom. The lowest BCUT2D eigenvalue weighted by Crippen LogP contribution is -2.18. The lowest BCUT2D eigenvalue weighted by atomic mass is 10.1. The number of carboxylic acid groups (broad SMARTS) is 1. The van der Waals surface area contributed by atoms with E-state index in [4.69, 9.17) is 5.11 Å². The van der Waals surface area contributed by atoms with E-state index in [0.717, 1.165) is 0 Å². The van der Waals surface area contributed by atoms with Gasteiger partial charge in [0.15, 0.2) is 0 Å². The fourth-order valence-corrected chi connectivity index (χ4v) is 1.50. The maximum Gasteiger partial charge on any atom is 0.335 e. The predicted octanol–water partition coefficient (Wildman–Crippen LogP) is 1.97. The Morgan fingerprint density at radius 3 is 2.72 bits per heavy atom. The minimum absolute atomic E-state index is 0.188. The molecule has 0 fully saturated rings. The van der Waals surface area contributed by atoms with Crippen molar-refractivity contribution in [3.63, 3.8) is 0 Å². The van der Waals surface area contributed by atoms with Crippen LogP contribution >= 0.6 is 0 Å². The van der Waals surface area contributed by atoms with Crippen molar-refractivity contribution in [3.8, 4) is 0 Å². The van der Waals surface area contributed by atoms with Crippen molar-refractivity contribution in [2.75, 3.05) is 5.32 Å². The number of rotatable bonds is 2. The molecule has 18 heavy (non-hydrogen) atoms. The van der Waals surface area contributed by atoms with Gasteiger partial charge >= 0.3 is 12.0 Å². The molecule has 0 aliphatic heterocycles. The molecule has 92 valence electrons. The van der Waals surface area contributed by atoms with Crippen molar-refractivity contribution in [2.45, 2.75) is 6.92 Å². The van der Waals surface area contributed by atoms with E-state index >= 15 is 0 Å². The van der Waals surface area contributed by atoms with E-state index in [1.54, 1.807) is 13.0 Å². The molecule has 2 N–H and O–H groups in total. The summed E-state index contributed by atoms with van der Waals surface area (Å²) in [5.74, 6) is -0.995. The summed E-state index contributed by atoms with van der Waals surface area (Å²) in [7, 11) is 0. The van der Waals surface area contributed by atoms with Crippen LogP contribution < -0.4 is 5.32 Å². The van der Waals surface area contributed by atoms with Gasteiger partial charge in [-0.3, -0.25) is 4.57 Å². The van der Waals surface area contributed by atoms with Gasteiger partial charge in [-0.25, -0.2) is 14.6 Å². The Morgan fingerprint density at radius 2 is 2.17 bits per heavy atom. The molecule has 0 saturated heterocycles. The first kappa shape index (κ1) is 11.8. The van der Waals surface area contributed by atoms with Crippen LogP contribution in [0.15, 0.2) is 36.9 Å². The molecule has 1 amide bonds. The average molecular weight is 245 g/mol. The molecule has 2 rings (SSSR count). The Hall–Kier alpha value is -2.63. The van der Waals surface area contributed by atoms with Gasteiger partial charge < -0.3 is 10.4 Å². The molecule has 6 nitrogen and oxygen atoms in total. The molecule has 0 aliphatic rings. The summed E-state index contributed by atoms with van der Waals surface area (Å²) in [6.07, 6.45) is 4.41. The minimum atomic E-state index is -0.995. The zero-order chi connectivity index (χ0) is 13.1. The van der Waals surface area contributed by atoms with Crippen LogP contribution in [0.5, 0.6) is 0 Å². The third kappa shape index (κ3) is 2.37. The smallest absolute Gasteiger partial charge is 0.335 e. The van der Waals surface area contributed by atoms with Crippen LogP contribution in [0, 0.1) is 6.92 Å². The highest BCUT2D eigenvalue weighted by molar-refractivity contribution is 5.93. The van der Waals surface area contributed by atoms with Crippen molar-refractivity contribution in [1.82, 2.24) is 9.55 Å².